The first-order chi connectivity index (χ1) is 7.18. The van der Waals surface area contributed by atoms with E-state index >= 15 is 0 Å². The Balaban J connectivity index is 2.22. The zero-order valence-corrected chi connectivity index (χ0v) is 8.37. The van der Waals surface area contributed by atoms with Crippen LogP contribution in [0.3, 0.4) is 0 Å². The fourth-order valence-corrected chi connectivity index (χ4v) is 1.34. The van der Waals surface area contributed by atoms with Crippen molar-refractivity contribution in [2.75, 3.05) is 5.32 Å². The molecule has 0 aliphatic heterocycles. The Hall–Kier alpha value is -2.11. The quantitative estimate of drug-likeness (QED) is 0.774. The lowest BCUT2D eigenvalue weighted by molar-refractivity contribution is 0.102. The second-order valence-electron chi connectivity index (χ2n) is 3.15. The van der Waals surface area contributed by atoms with Gasteiger partial charge in [-0.05, 0) is 13.8 Å². The fraction of sp³-hybridized carbons (Fsp3) is 0.222. The van der Waals surface area contributed by atoms with Crippen LogP contribution in [0.4, 0.5) is 5.82 Å². The van der Waals surface area contributed by atoms with E-state index in [1.807, 2.05) is 0 Å². The van der Waals surface area contributed by atoms with Crippen molar-refractivity contribution in [3.63, 3.8) is 0 Å². The van der Waals surface area contributed by atoms with Crippen molar-refractivity contribution in [3.05, 3.63) is 29.3 Å². The van der Waals surface area contributed by atoms with Crippen LogP contribution in [-0.2, 0) is 0 Å². The zero-order valence-electron chi connectivity index (χ0n) is 8.37. The molecule has 2 aromatic heterocycles. The Labute approximate surface area is 85.7 Å². The third kappa shape index (κ3) is 1.74. The smallest absolute Gasteiger partial charge is 0.260 e. The highest BCUT2D eigenvalue weighted by Gasteiger charge is 2.15. The highest BCUT2D eigenvalue weighted by Crippen LogP contribution is 2.11. The molecule has 15 heavy (non-hydrogen) atoms. The van der Waals surface area contributed by atoms with E-state index in [9.17, 15) is 4.79 Å². The minimum atomic E-state index is -0.243. The number of nitrogens with zero attached hydrogens (tertiary/aromatic N) is 2. The van der Waals surface area contributed by atoms with E-state index in [4.69, 9.17) is 0 Å². The van der Waals surface area contributed by atoms with Crippen molar-refractivity contribution in [2.24, 2.45) is 0 Å². The molecule has 2 aromatic rings. The lowest BCUT2D eigenvalue weighted by Gasteiger charge is -2.00. The summed E-state index contributed by atoms with van der Waals surface area (Å²) in [5.41, 5.74) is 1.93. The zero-order chi connectivity index (χ0) is 10.8. The van der Waals surface area contributed by atoms with Gasteiger partial charge in [0.15, 0.2) is 5.82 Å². The molecule has 0 aliphatic rings. The van der Waals surface area contributed by atoms with Gasteiger partial charge in [-0.25, -0.2) is 0 Å². The number of aromatic amines is 1. The van der Waals surface area contributed by atoms with Gasteiger partial charge in [0, 0.05) is 11.8 Å². The van der Waals surface area contributed by atoms with Crippen LogP contribution in [0.2, 0.25) is 0 Å². The Morgan fingerprint density at radius 1 is 1.53 bits per heavy atom. The Morgan fingerprint density at radius 3 is 2.87 bits per heavy atom. The number of H-pyrrole nitrogens is 1. The fourth-order valence-electron chi connectivity index (χ4n) is 1.34. The lowest BCUT2D eigenvalue weighted by Crippen LogP contribution is -2.13. The molecule has 2 rings (SSSR count). The number of aryl methyl sites for hydroxylation is 2. The van der Waals surface area contributed by atoms with E-state index < -0.39 is 0 Å². The van der Waals surface area contributed by atoms with Gasteiger partial charge in [-0.15, -0.1) is 0 Å². The molecule has 0 radical (unpaired) electrons. The van der Waals surface area contributed by atoms with E-state index in [2.05, 4.69) is 25.2 Å². The van der Waals surface area contributed by atoms with Crippen LogP contribution in [-0.4, -0.2) is 21.3 Å². The van der Waals surface area contributed by atoms with Crippen LogP contribution < -0.4 is 5.32 Å². The summed E-state index contributed by atoms with van der Waals surface area (Å²) in [5, 5.41) is 12.9. The van der Waals surface area contributed by atoms with E-state index in [1.54, 1.807) is 19.9 Å². The summed E-state index contributed by atoms with van der Waals surface area (Å²) in [7, 11) is 0. The molecule has 0 aliphatic carbocycles. The largest absolute Gasteiger partial charge is 0.363 e. The average Bonchev–Trinajstić information content (AvgIpc) is 2.77. The van der Waals surface area contributed by atoms with Crippen molar-refractivity contribution in [3.8, 4) is 0 Å². The molecule has 0 atom stereocenters. The second kappa shape index (κ2) is 3.56. The molecule has 2 heterocycles. The van der Waals surface area contributed by atoms with Crippen LogP contribution in [0, 0.1) is 13.8 Å². The summed E-state index contributed by atoms with van der Waals surface area (Å²) >= 11 is 0. The van der Waals surface area contributed by atoms with Gasteiger partial charge in [0.25, 0.3) is 5.91 Å². The maximum Gasteiger partial charge on any atom is 0.260 e. The Kier molecular flexibility index (Phi) is 2.24. The predicted molar refractivity (Wildman–Crippen MR) is 52.5 cm³/mol. The van der Waals surface area contributed by atoms with E-state index in [-0.39, 0.29) is 5.91 Å². The van der Waals surface area contributed by atoms with Crippen LogP contribution in [0.1, 0.15) is 21.7 Å². The summed E-state index contributed by atoms with van der Waals surface area (Å²) in [5.74, 6) is 0.146. The molecular weight excluding hydrogens is 196 g/mol. The normalized spacial score (nSPS) is 10.3. The Morgan fingerprint density at radius 2 is 2.33 bits per heavy atom. The van der Waals surface area contributed by atoms with Crippen LogP contribution >= 0.6 is 0 Å². The van der Waals surface area contributed by atoms with Gasteiger partial charge in [0.1, 0.15) is 6.26 Å². The molecule has 0 saturated carbocycles. The number of rotatable bonds is 2. The first-order valence-electron chi connectivity index (χ1n) is 4.42. The summed E-state index contributed by atoms with van der Waals surface area (Å²) in [6.45, 7) is 3.55. The van der Waals surface area contributed by atoms with Gasteiger partial charge in [0.05, 0.1) is 11.3 Å². The van der Waals surface area contributed by atoms with E-state index in [0.717, 1.165) is 5.69 Å². The predicted octanol–water partition coefficient (Wildman–Crippen LogP) is 1.27. The molecule has 0 unspecified atom stereocenters. The molecule has 6 heteroatoms. The third-order valence-corrected chi connectivity index (χ3v) is 2.03. The van der Waals surface area contributed by atoms with Crippen LogP contribution in [0.5, 0.6) is 0 Å². The van der Waals surface area contributed by atoms with E-state index in [1.165, 1.54) is 6.26 Å². The van der Waals surface area contributed by atoms with Gasteiger partial charge >= 0.3 is 0 Å². The Bertz CT molecular complexity index is 453. The van der Waals surface area contributed by atoms with Gasteiger partial charge in [0.2, 0.25) is 0 Å². The molecule has 6 nitrogen and oxygen atoms in total. The number of amides is 1. The molecule has 78 valence electrons. The second-order valence-corrected chi connectivity index (χ2v) is 3.15. The highest BCUT2D eigenvalue weighted by molar-refractivity contribution is 6.05. The monoisotopic (exact) mass is 206 g/mol. The molecule has 0 aromatic carbocycles. The lowest BCUT2D eigenvalue weighted by atomic mass is 10.2. The summed E-state index contributed by atoms with van der Waals surface area (Å²) in [6, 6.07) is 1.57. The number of carbonyl (C=O) groups is 1. The van der Waals surface area contributed by atoms with Gasteiger partial charge in [-0.2, -0.15) is 5.10 Å². The molecule has 0 saturated heterocycles. The number of carbonyl (C=O) groups excluding carboxylic acids is 1. The summed E-state index contributed by atoms with van der Waals surface area (Å²) < 4.78 is 4.61. The topological polar surface area (TPSA) is 83.8 Å². The van der Waals surface area contributed by atoms with Crippen molar-refractivity contribution in [1.29, 1.82) is 0 Å². The summed E-state index contributed by atoms with van der Waals surface area (Å²) in [4.78, 5) is 11.8. The molecule has 2 N–H and O–H groups in total. The minimum Gasteiger partial charge on any atom is -0.363 e. The number of aromatic nitrogens is 3. The van der Waals surface area contributed by atoms with Crippen molar-refractivity contribution >= 4 is 11.7 Å². The first kappa shape index (κ1) is 9.45. The van der Waals surface area contributed by atoms with Crippen molar-refractivity contribution < 1.29 is 9.32 Å². The third-order valence-electron chi connectivity index (χ3n) is 2.03. The molecular formula is C9H10N4O2. The van der Waals surface area contributed by atoms with Crippen molar-refractivity contribution in [1.82, 2.24) is 15.4 Å². The number of anilines is 1. The molecule has 0 spiro atoms. The standard InChI is InChI=1S/C9H10N4O2/c1-5-8(6(2)12-11-5)9(14)10-7-3-4-15-13-7/h3-4H,1-2H3,(H,11,12)(H,10,13,14). The maximum atomic E-state index is 11.8. The van der Waals surface area contributed by atoms with Gasteiger partial charge < -0.3 is 9.84 Å². The van der Waals surface area contributed by atoms with Gasteiger partial charge in [-0.1, -0.05) is 5.16 Å². The summed E-state index contributed by atoms with van der Waals surface area (Å²) in [6.07, 6.45) is 1.39. The minimum absolute atomic E-state index is 0.243. The number of hydrogen-bond donors (Lipinski definition) is 2. The number of nitrogens with one attached hydrogen (secondary N) is 2. The number of hydrogen-bond acceptors (Lipinski definition) is 4. The van der Waals surface area contributed by atoms with Crippen LogP contribution in [0.15, 0.2) is 16.9 Å². The first-order valence-corrected chi connectivity index (χ1v) is 4.42. The average molecular weight is 206 g/mol. The maximum absolute atomic E-state index is 11.8. The van der Waals surface area contributed by atoms with Crippen LogP contribution in [0.25, 0.3) is 0 Å². The van der Waals surface area contributed by atoms with E-state index in [0.29, 0.717) is 17.1 Å². The highest BCUT2D eigenvalue weighted by atomic mass is 16.5. The molecule has 0 fully saturated rings. The van der Waals surface area contributed by atoms with Crippen molar-refractivity contribution in [2.45, 2.75) is 13.8 Å². The van der Waals surface area contributed by atoms with Gasteiger partial charge in [-0.3, -0.25) is 9.89 Å². The SMILES string of the molecule is Cc1n[nH]c(C)c1C(=O)Nc1ccon1. The molecule has 0 bridgehead atoms. The molecule has 1 amide bonds.